The lowest BCUT2D eigenvalue weighted by Crippen LogP contribution is -2.50. The number of benzene rings is 2. The van der Waals surface area contributed by atoms with Crippen LogP contribution in [0.25, 0.3) is 5.69 Å². The molecule has 0 bridgehead atoms. The Balaban J connectivity index is 1.38. The topological polar surface area (TPSA) is 49.7 Å². The molecular weight excluding hydrogens is 352 g/mol. The summed E-state index contributed by atoms with van der Waals surface area (Å²) in [6.45, 7) is 2.89. The van der Waals surface area contributed by atoms with Gasteiger partial charge in [0.25, 0.3) is 0 Å². The summed E-state index contributed by atoms with van der Waals surface area (Å²) in [4.78, 5) is 16.8. The minimum absolute atomic E-state index is 0.0654. The van der Waals surface area contributed by atoms with Crippen molar-refractivity contribution in [3.63, 3.8) is 0 Å². The molecule has 144 valence electrons. The second-order valence-electron chi connectivity index (χ2n) is 6.72. The lowest BCUT2D eigenvalue weighted by Gasteiger charge is -2.36. The van der Waals surface area contributed by atoms with Crippen LogP contribution in [0.3, 0.4) is 0 Å². The van der Waals surface area contributed by atoms with E-state index in [0.29, 0.717) is 13.1 Å². The summed E-state index contributed by atoms with van der Waals surface area (Å²) >= 11 is 0. The van der Waals surface area contributed by atoms with E-state index in [2.05, 4.69) is 16.3 Å². The van der Waals surface area contributed by atoms with E-state index in [-0.39, 0.29) is 6.03 Å². The Morgan fingerprint density at radius 3 is 2.43 bits per heavy atom. The van der Waals surface area contributed by atoms with Crippen LogP contribution in [0.1, 0.15) is 0 Å². The zero-order valence-electron chi connectivity index (χ0n) is 15.9. The van der Waals surface area contributed by atoms with Crippen molar-refractivity contribution in [2.75, 3.05) is 43.5 Å². The molecule has 1 aromatic heterocycles. The van der Waals surface area contributed by atoms with Crippen molar-refractivity contribution in [1.29, 1.82) is 0 Å². The van der Waals surface area contributed by atoms with Gasteiger partial charge in [-0.2, -0.15) is 0 Å². The molecule has 6 heteroatoms. The van der Waals surface area contributed by atoms with Crippen molar-refractivity contribution >= 4 is 17.4 Å². The largest absolute Gasteiger partial charge is 0.495 e. The van der Waals surface area contributed by atoms with Gasteiger partial charge in [-0.05, 0) is 42.5 Å². The van der Waals surface area contributed by atoms with Crippen molar-refractivity contribution in [1.82, 2.24) is 9.47 Å². The number of rotatable bonds is 4. The fraction of sp³-hybridized carbons (Fsp3) is 0.227. The number of carbonyl (C=O) groups is 1. The molecule has 0 radical (unpaired) electrons. The van der Waals surface area contributed by atoms with Crippen LogP contribution in [0.2, 0.25) is 0 Å². The lowest BCUT2D eigenvalue weighted by molar-refractivity contribution is 0.208. The number of hydrogen-bond acceptors (Lipinski definition) is 3. The Bertz CT molecular complexity index is 931. The van der Waals surface area contributed by atoms with E-state index in [0.717, 1.165) is 35.9 Å². The summed E-state index contributed by atoms with van der Waals surface area (Å²) in [5.41, 5.74) is 2.89. The van der Waals surface area contributed by atoms with Crippen molar-refractivity contribution in [2.45, 2.75) is 0 Å². The van der Waals surface area contributed by atoms with Crippen LogP contribution in [0.5, 0.6) is 5.75 Å². The first-order valence-corrected chi connectivity index (χ1v) is 9.42. The maximum Gasteiger partial charge on any atom is 0.321 e. The van der Waals surface area contributed by atoms with Gasteiger partial charge in [-0.3, -0.25) is 0 Å². The van der Waals surface area contributed by atoms with E-state index in [9.17, 15) is 4.79 Å². The zero-order valence-corrected chi connectivity index (χ0v) is 15.9. The number of carbonyl (C=O) groups excluding carboxylic acids is 1. The number of piperazine rings is 1. The van der Waals surface area contributed by atoms with E-state index in [4.69, 9.17) is 4.74 Å². The first-order valence-electron chi connectivity index (χ1n) is 9.42. The van der Waals surface area contributed by atoms with Crippen LogP contribution in [-0.2, 0) is 0 Å². The fourth-order valence-corrected chi connectivity index (χ4v) is 3.49. The highest BCUT2D eigenvalue weighted by Gasteiger charge is 2.23. The van der Waals surface area contributed by atoms with Gasteiger partial charge in [-0.1, -0.05) is 18.2 Å². The standard InChI is InChI=1S/C22H24N4O2/c1-28-21-10-3-2-9-20(21)25-13-15-26(16-14-25)22(27)23-18-7-6-8-19(17-18)24-11-4-5-12-24/h2-12,17H,13-16H2,1H3,(H,23,27). The molecule has 0 saturated carbocycles. The normalized spacial score (nSPS) is 14.0. The van der Waals surface area contributed by atoms with Gasteiger partial charge in [0.15, 0.2) is 0 Å². The highest BCUT2D eigenvalue weighted by Crippen LogP contribution is 2.28. The van der Waals surface area contributed by atoms with Crippen LogP contribution in [0.15, 0.2) is 73.1 Å². The number of para-hydroxylation sites is 2. The molecule has 1 saturated heterocycles. The molecule has 2 aromatic carbocycles. The van der Waals surface area contributed by atoms with Crippen LogP contribution < -0.4 is 15.0 Å². The summed E-state index contributed by atoms with van der Waals surface area (Å²) in [6, 6.07) is 19.7. The number of urea groups is 1. The fourth-order valence-electron chi connectivity index (χ4n) is 3.49. The Morgan fingerprint density at radius 1 is 0.929 bits per heavy atom. The first kappa shape index (κ1) is 18.0. The second-order valence-corrected chi connectivity index (χ2v) is 6.72. The number of nitrogens with one attached hydrogen (secondary N) is 1. The van der Waals surface area contributed by atoms with Gasteiger partial charge in [-0.15, -0.1) is 0 Å². The third-order valence-corrected chi connectivity index (χ3v) is 4.99. The van der Waals surface area contributed by atoms with E-state index >= 15 is 0 Å². The SMILES string of the molecule is COc1ccccc1N1CCN(C(=O)Nc2cccc(-n3cccc3)c2)CC1. The second kappa shape index (κ2) is 8.08. The molecular formula is C22H24N4O2. The molecule has 6 nitrogen and oxygen atoms in total. The minimum atomic E-state index is -0.0654. The molecule has 1 fully saturated rings. The number of methoxy groups -OCH3 is 1. The van der Waals surface area contributed by atoms with Crippen LogP contribution in [0.4, 0.5) is 16.2 Å². The van der Waals surface area contributed by atoms with Crippen LogP contribution in [0, 0.1) is 0 Å². The third kappa shape index (κ3) is 3.81. The Labute approximate surface area is 164 Å². The average Bonchev–Trinajstić information content (AvgIpc) is 3.29. The average molecular weight is 376 g/mol. The number of anilines is 2. The summed E-state index contributed by atoms with van der Waals surface area (Å²) in [5, 5.41) is 3.02. The molecule has 1 aliphatic rings. The smallest absolute Gasteiger partial charge is 0.321 e. The summed E-state index contributed by atoms with van der Waals surface area (Å²) < 4.78 is 7.47. The van der Waals surface area contributed by atoms with E-state index in [1.54, 1.807) is 7.11 Å². The van der Waals surface area contributed by atoms with Crippen molar-refractivity contribution < 1.29 is 9.53 Å². The van der Waals surface area contributed by atoms with E-state index in [1.165, 1.54) is 0 Å². The Kier molecular flexibility index (Phi) is 5.19. The number of aromatic nitrogens is 1. The van der Waals surface area contributed by atoms with Crippen LogP contribution in [-0.4, -0.2) is 48.8 Å². The highest BCUT2D eigenvalue weighted by molar-refractivity contribution is 5.89. The number of amides is 2. The lowest BCUT2D eigenvalue weighted by atomic mass is 10.2. The zero-order chi connectivity index (χ0) is 19.3. The molecule has 28 heavy (non-hydrogen) atoms. The molecule has 0 atom stereocenters. The first-order chi connectivity index (χ1) is 13.7. The monoisotopic (exact) mass is 376 g/mol. The molecule has 3 aromatic rings. The molecule has 1 N–H and O–H groups in total. The van der Waals surface area contributed by atoms with Gasteiger partial charge in [0, 0.05) is 49.9 Å². The van der Waals surface area contributed by atoms with Gasteiger partial charge >= 0.3 is 6.03 Å². The summed E-state index contributed by atoms with van der Waals surface area (Å²) in [7, 11) is 1.68. The van der Waals surface area contributed by atoms with Gasteiger partial charge in [-0.25, -0.2) is 4.79 Å². The molecule has 4 rings (SSSR count). The van der Waals surface area contributed by atoms with E-state index < -0.39 is 0 Å². The molecule has 2 heterocycles. The maximum absolute atomic E-state index is 12.7. The molecule has 0 aliphatic carbocycles. The van der Waals surface area contributed by atoms with Crippen molar-refractivity contribution in [2.24, 2.45) is 0 Å². The number of ether oxygens (including phenoxy) is 1. The molecule has 1 aliphatic heterocycles. The molecule has 0 spiro atoms. The van der Waals surface area contributed by atoms with Gasteiger partial charge in [0.1, 0.15) is 5.75 Å². The van der Waals surface area contributed by atoms with Crippen molar-refractivity contribution in [3.8, 4) is 11.4 Å². The highest BCUT2D eigenvalue weighted by atomic mass is 16.5. The Hall–Kier alpha value is -3.41. The number of nitrogens with zero attached hydrogens (tertiary/aromatic N) is 3. The summed E-state index contributed by atoms with van der Waals surface area (Å²) in [6.07, 6.45) is 3.97. The maximum atomic E-state index is 12.7. The van der Waals surface area contributed by atoms with E-state index in [1.807, 2.05) is 76.5 Å². The van der Waals surface area contributed by atoms with Gasteiger partial charge in [0.2, 0.25) is 0 Å². The van der Waals surface area contributed by atoms with Crippen LogP contribution >= 0.6 is 0 Å². The number of hydrogen-bond donors (Lipinski definition) is 1. The predicted molar refractivity (Wildman–Crippen MR) is 112 cm³/mol. The van der Waals surface area contributed by atoms with Crippen molar-refractivity contribution in [3.05, 3.63) is 73.1 Å². The van der Waals surface area contributed by atoms with Gasteiger partial charge < -0.3 is 24.4 Å². The third-order valence-electron chi connectivity index (χ3n) is 4.99. The van der Waals surface area contributed by atoms with Gasteiger partial charge in [0.05, 0.1) is 12.8 Å². The molecule has 0 unspecified atom stereocenters. The predicted octanol–water partition coefficient (Wildman–Crippen LogP) is 3.84. The Morgan fingerprint density at radius 2 is 1.68 bits per heavy atom. The summed E-state index contributed by atoms with van der Waals surface area (Å²) in [5.74, 6) is 0.863. The quantitative estimate of drug-likeness (QED) is 0.753. The molecule has 2 amide bonds. The minimum Gasteiger partial charge on any atom is -0.495 e.